The standard InChI is InChI=1S/C15H12N2O6/c18-14(19)12-8-11(17(21)22)6-7-13(12)16-15(20)23-9-10-4-2-1-3-5-10/h1-8H,9H2,(H,16,20)(H,18,19). The van der Waals surface area contributed by atoms with Crippen molar-refractivity contribution >= 4 is 23.4 Å². The lowest BCUT2D eigenvalue weighted by molar-refractivity contribution is -0.384. The van der Waals surface area contributed by atoms with Crippen LogP contribution in [0.4, 0.5) is 16.2 Å². The van der Waals surface area contributed by atoms with Gasteiger partial charge in [-0.25, -0.2) is 9.59 Å². The van der Waals surface area contributed by atoms with Gasteiger partial charge in [0.05, 0.1) is 16.2 Å². The summed E-state index contributed by atoms with van der Waals surface area (Å²) in [6.07, 6.45) is -0.856. The zero-order chi connectivity index (χ0) is 16.8. The van der Waals surface area contributed by atoms with Crippen molar-refractivity contribution < 1.29 is 24.4 Å². The Hall–Kier alpha value is -3.42. The molecule has 0 heterocycles. The third-order valence-electron chi connectivity index (χ3n) is 2.89. The fraction of sp³-hybridized carbons (Fsp3) is 0.0667. The molecular formula is C15H12N2O6. The molecule has 0 unspecified atom stereocenters. The second-order valence-corrected chi connectivity index (χ2v) is 4.48. The summed E-state index contributed by atoms with van der Waals surface area (Å²) < 4.78 is 4.97. The first kappa shape index (κ1) is 16.0. The SMILES string of the molecule is O=C(Nc1ccc([N+](=O)[O-])cc1C(=O)O)OCc1ccccc1. The number of ether oxygens (including phenoxy) is 1. The molecule has 0 radical (unpaired) electrons. The number of aromatic carboxylic acids is 1. The molecule has 118 valence electrons. The van der Waals surface area contributed by atoms with E-state index in [2.05, 4.69) is 5.32 Å². The second kappa shape index (κ2) is 7.03. The summed E-state index contributed by atoms with van der Waals surface area (Å²) in [5, 5.41) is 22.0. The summed E-state index contributed by atoms with van der Waals surface area (Å²) in [5.74, 6) is -1.40. The summed E-state index contributed by atoms with van der Waals surface area (Å²) in [6.45, 7) is 0.0159. The predicted octanol–water partition coefficient (Wildman–Crippen LogP) is 3.04. The van der Waals surface area contributed by atoms with Crippen molar-refractivity contribution in [3.63, 3.8) is 0 Å². The summed E-state index contributed by atoms with van der Waals surface area (Å²) >= 11 is 0. The molecule has 0 fully saturated rings. The summed E-state index contributed by atoms with van der Waals surface area (Å²) in [6, 6.07) is 12.0. The minimum Gasteiger partial charge on any atom is -0.478 e. The van der Waals surface area contributed by atoms with E-state index in [1.165, 1.54) is 0 Å². The van der Waals surface area contributed by atoms with Crippen LogP contribution in [0.1, 0.15) is 15.9 Å². The number of nitrogens with zero attached hydrogens (tertiary/aromatic N) is 1. The average Bonchev–Trinajstić information content (AvgIpc) is 2.54. The number of amides is 1. The van der Waals surface area contributed by atoms with Crippen molar-refractivity contribution in [2.24, 2.45) is 0 Å². The van der Waals surface area contributed by atoms with Crippen LogP contribution in [-0.2, 0) is 11.3 Å². The largest absolute Gasteiger partial charge is 0.478 e. The number of rotatable bonds is 5. The summed E-state index contributed by atoms with van der Waals surface area (Å²) in [5.41, 5.74) is -0.0903. The third kappa shape index (κ3) is 4.27. The molecule has 8 nitrogen and oxygen atoms in total. The van der Waals surface area contributed by atoms with Crippen LogP contribution in [0.5, 0.6) is 0 Å². The fourth-order valence-corrected chi connectivity index (χ4v) is 1.80. The molecule has 0 bridgehead atoms. The molecule has 0 atom stereocenters. The van der Waals surface area contributed by atoms with E-state index in [1.807, 2.05) is 6.07 Å². The molecule has 2 aromatic carbocycles. The lowest BCUT2D eigenvalue weighted by Gasteiger charge is -2.09. The maximum atomic E-state index is 11.7. The van der Waals surface area contributed by atoms with E-state index in [0.717, 1.165) is 23.8 Å². The first-order chi connectivity index (χ1) is 11.0. The normalized spacial score (nSPS) is 9.91. The van der Waals surface area contributed by atoms with Crippen LogP contribution in [0.25, 0.3) is 0 Å². The first-order valence-electron chi connectivity index (χ1n) is 6.47. The second-order valence-electron chi connectivity index (χ2n) is 4.48. The van der Waals surface area contributed by atoms with E-state index in [0.29, 0.717) is 0 Å². The monoisotopic (exact) mass is 316 g/mol. The summed E-state index contributed by atoms with van der Waals surface area (Å²) in [4.78, 5) is 32.8. The van der Waals surface area contributed by atoms with Crippen molar-refractivity contribution in [2.45, 2.75) is 6.61 Å². The van der Waals surface area contributed by atoms with Gasteiger partial charge in [-0.15, -0.1) is 0 Å². The van der Waals surface area contributed by atoms with Crippen LogP contribution in [-0.4, -0.2) is 22.1 Å². The minimum atomic E-state index is -1.40. The van der Waals surface area contributed by atoms with E-state index in [-0.39, 0.29) is 18.0 Å². The highest BCUT2D eigenvalue weighted by atomic mass is 16.6. The molecule has 1 amide bonds. The number of anilines is 1. The van der Waals surface area contributed by atoms with Gasteiger partial charge in [-0.3, -0.25) is 15.4 Å². The third-order valence-corrected chi connectivity index (χ3v) is 2.89. The van der Waals surface area contributed by atoms with Crippen LogP contribution < -0.4 is 5.32 Å². The van der Waals surface area contributed by atoms with Crippen LogP contribution in [0.3, 0.4) is 0 Å². The smallest absolute Gasteiger partial charge is 0.411 e. The molecule has 0 aliphatic rings. The number of nitro benzene ring substituents is 1. The van der Waals surface area contributed by atoms with Gasteiger partial charge >= 0.3 is 12.1 Å². The molecule has 0 aliphatic heterocycles. The Morgan fingerprint density at radius 1 is 1.17 bits per heavy atom. The number of carboxylic acids is 1. The number of carbonyl (C=O) groups excluding carboxylic acids is 1. The molecule has 0 aliphatic carbocycles. The number of hydrogen-bond acceptors (Lipinski definition) is 5. The molecule has 2 aromatic rings. The Kier molecular flexibility index (Phi) is 4.88. The van der Waals surface area contributed by atoms with Crippen molar-refractivity contribution in [3.05, 3.63) is 69.8 Å². The highest BCUT2D eigenvalue weighted by Gasteiger charge is 2.18. The molecule has 0 saturated heterocycles. The van der Waals surface area contributed by atoms with Gasteiger partial charge in [0.1, 0.15) is 6.61 Å². The molecule has 0 saturated carbocycles. The van der Waals surface area contributed by atoms with Gasteiger partial charge in [0.2, 0.25) is 0 Å². The number of carboxylic acid groups (broad SMARTS) is 1. The first-order valence-corrected chi connectivity index (χ1v) is 6.47. The molecule has 8 heteroatoms. The van der Waals surface area contributed by atoms with E-state index in [4.69, 9.17) is 9.84 Å². The minimum absolute atomic E-state index is 0.0159. The topological polar surface area (TPSA) is 119 Å². The highest BCUT2D eigenvalue weighted by molar-refractivity contribution is 5.99. The van der Waals surface area contributed by atoms with Crippen LogP contribution in [0.2, 0.25) is 0 Å². The molecule has 2 rings (SSSR count). The van der Waals surface area contributed by atoms with Gasteiger partial charge < -0.3 is 9.84 Å². The van der Waals surface area contributed by atoms with Crippen LogP contribution in [0, 0.1) is 10.1 Å². The van der Waals surface area contributed by atoms with E-state index in [1.54, 1.807) is 24.3 Å². The Balaban J connectivity index is 2.08. The van der Waals surface area contributed by atoms with Crippen LogP contribution >= 0.6 is 0 Å². The fourth-order valence-electron chi connectivity index (χ4n) is 1.80. The molecular weight excluding hydrogens is 304 g/mol. The van der Waals surface area contributed by atoms with Gasteiger partial charge in [-0.2, -0.15) is 0 Å². The van der Waals surface area contributed by atoms with Gasteiger partial charge in [-0.1, -0.05) is 30.3 Å². The quantitative estimate of drug-likeness (QED) is 0.646. The average molecular weight is 316 g/mol. The van der Waals surface area contributed by atoms with Gasteiger partial charge in [0.25, 0.3) is 5.69 Å². The van der Waals surface area contributed by atoms with E-state index < -0.39 is 22.5 Å². The van der Waals surface area contributed by atoms with Crippen molar-refractivity contribution in [1.82, 2.24) is 0 Å². The van der Waals surface area contributed by atoms with Crippen molar-refractivity contribution in [1.29, 1.82) is 0 Å². The lowest BCUT2D eigenvalue weighted by atomic mass is 10.1. The zero-order valence-electron chi connectivity index (χ0n) is 11.8. The molecule has 2 N–H and O–H groups in total. The van der Waals surface area contributed by atoms with E-state index in [9.17, 15) is 19.7 Å². The van der Waals surface area contributed by atoms with Crippen molar-refractivity contribution in [2.75, 3.05) is 5.32 Å². The highest BCUT2D eigenvalue weighted by Crippen LogP contribution is 2.22. The van der Waals surface area contributed by atoms with Crippen molar-refractivity contribution in [3.8, 4) is 0 Å². The van der Waals surface area contributed by atoms with Gasteiger partial charge in [0, 0.05) is 12.1 Å². The number of nitro groups is 1. The molecule has 23 heavy (non-hydrogen) atoms. The number of carbonyl (C=O) groups is 2. The molecule has 0 aromatic heterocycles. The van der Waals surface area contributed by atoms with Gasteiger partial charge in [0.15, 0.2) is 0 Å². The maximum Gasteiger partial charge on any atom is 0.411 e. The lowest BCUT2D eigenvalue weighted by Crippen LogP contribution is -2.16. The van der Waals surface area contributed by atoms with Gasteiger partial charge in [-0.05, 0) is 11.6 Å². The maximum absolute atomic E-state index is 11.7. The predicted molar refractivity (Wildman–Crippen MR) is 80.3 cm³/mol. The molecule has 0 spiro atoms. The Morgan fingerprint density at radius 3 is 2.48 bits per heavy atom. The van der Waals surface area contributed by atoms with Crippen LogP contribution in [0.15, 0.2) is 48.5 Å². The number of benzene rings is 2. The Labute approximate surface area is 130 Å². The number of nitrogens with one attached hydrogen (secondary N) is 1. The number of non-ortho nitro benzene ring substituents is 1. The number of hydrogen-bond donors (Lipinski definition) is 2. The Morgan fingerprint density at radius 2 is 1.87 bits per heavy atom. The zero-order valence-corrected chi connectivity index (χ0v) is 11.8. The van der Waals surface area contributed by atoms with E-state index >= 15 is 0 Å². The summed E-state index contributed by atoms with van der Waals surface area (Å²) in [7, 11) is 0. The Bertz CT molecular complexity index is 745.